The van der Waals surface area contributed by atoms with Gasteiger partial charge in [0.25, 0.3) is 5.91 Å². The number of benzene rings is 2. The second-order valence-electron chi connectivity index (χ2n) is 5.48. The van der Waals surface area contributed by atoms with E-state index in [1.54, 1.807) is 42.7 Å². The summed E-state index contributed by atoms with van der Waals surface area (Å²) in [5.41, 5.74) is 3.02. The van der Waals surface area contributed by atoms with E-state index in [0.29, 0.717) is 23.6 Å². The van der Waals surface area contributed by atoms with Crippen molar-refractivity contribution in [1.82, 2.24) is 10.3 Å². The van der Waals surface area contributed by atoms with Crippen LogP contribution in [0.5, 0.6) is 11.5 Å². The number of pyridine rings is 1. The summed E-state index contributed by atoms with van der Waals surface area (Å²) in [7, 11) is 0. The summed E-state index contributed by atoms with van der Waals surface area (Å²) >= 11 is 0. The zero-order valence-electron chi connectivity index (χ0n) is 12.6. The van der Waals surface area contributed by atoms with Crippen LogP contribution in [0.3, 0.4) is 0 Å². The van der Waals surface area contributed by atoms with Gasteiger partial charge in [-0.3, -0.25) is 9.78 Å². The number of nitrogens with zero attached hydrogens (tertiary/aromatic N) is 1. The molecule has 1 aliphatic heterocycles. The fourth-order valence-corrected chi connectivity index (χ4v) is 2.72. The Kier molecular flexibility index (Phi) is 3.46. The lowest BCUT2D eigenvalue weighted by Crippen LogP contribution is -2.12. The molecule has 0 unspecified atom stereocenters. The maximum atomic E-state index is 13.2. The number of ether oxygens (including phenoxy) is 1. The molecule has 1 aromatic heterocycles. The molecule has 0 aliphatic carbocycles. The van der Waals surface area contributed by atoms with Gasteiger partial charge in [0, 0.05) is 30.1 Å². The molecule has 0 atom stereocenters. The molecule has 0 fully saturated rings. The molecule has 5 heteroatoms. The van der Waals surface area contributed by atoms with Crippen molar-refractivity contribution in [3.8, 4) is 22.6 Å². The number of nitrogens with one attached hydrogen (secondary N) is 1. The number of halogens is 1. The van der Waals surface area contributed by atoms with Crippen molar-refractivity contribution < 1.29 is 13.9 Å². The van der Waals surface area contributed by atoms with E-state index in [-0.39, 0.29) is 11.7 Å². The quantitative estimate of drug-likeness (QED) is 0.795. The Balaban J connectivity index is 1.84. The molecule has 0 bridgehead atoms. The van der Waals surface area contributed by atoms with E-state index in [2.05, 4.69) is 10.3 Å². The fraction of sp³-hybridized carbons (Fsp3) is 0.0526. The van der Waals surface area contributed by atoms with Gasteiger partial charge in [-0.2, -0.15) is 0 Å². The van der Waals surface area contributed by atoms with E-state index < -0.39 is 0 Å². The van der Waals surface area contributed by atoms with Crippen LogP contribution in [0.25, 0.3) is 11.1 Å². The summed E-state index contributed by atoms with van der Waals surface area (Å²) in [5.74, 6) is 0.840. The van der Waals surface area contributed by atoms with E-state index >= 15 is 0 Å². The highest BCUT2D eigenvalue weighted by molar-refractivity contribution is 6.00. The maximum absolute atomic E-state index is 13.2. The van der Waals surface area contributed by atoms with Gasteiger partial charge in [-0.25, -0.2) is 4.39 Å². The first-order valence-electron chi connectivity index (χ1n) is 7.49. The molecule has 1 aliphatic rings. The summed E-state index contributed by atoms with van der Waals surface area (Å²) in [6.07, 6.45) is 3.29. The maximum Gasteiger partial charge on any atom is 0.251 e. The molecule has 4 nitrogen and oxygen atoms in total. The molecule has 3 aromatic rings. The van der Waals surface area contributed by atoms with Crippen molar-refractivity contribution in [2.75, 3.05) is 0 Å². The third kappa shape index (κ3) is 2.60. The summed E-state index contributed by atoms with van der Waals surface area (Å²) in [4.78, 5) is 15.9. The minimum Gasteiger partial charge on any atom is -0.457 e. The molecule has 2 aromatic carbocycles. The number of hydrogen-bond acceptors (Lipinski definition) is 3. The van der Waals surface area contributed by atoms with Gasteiger partial charge in [-0.15, -0.1) is 0 Å². The summed E-state index contributed by atoms with van der Waals surface area (Å²) < 4.78 is 19.2. The number of carbonyl (C=O) groups excluding carboxylic acids is 1. The van der Waals surface area contributed by atoms with Crippen LogP contribution < -0.4 is 10.1 Å². The van der Waals surface area contributed by atoms with Crippen molar-refractivity contribution in [3.63, 3.8) is 0 Å². The Hall–Kier alpha value is -3.21. The molecule has 4 rings (SSSR count). The highest BCUT2D eigenvalue weighted by Gasteiger charge is 2.22. The Labute approximate surface area is 137 Å². The van der Waals surface area contributed by atoms with Gasteiger partial charge < -0.3 is 10.1 Å². The molecule has 0 radical (unpaired) electrons. The van der Waals surface area contributed by atoms with Gasteiger partial charge >= 0.3 is 0 Å². The van der Waals surface area contributed by atoms with Crippen molar-refractivity contribution >= 4 is 5.91 Å². The number of amides is 1. The highest BCUT2D eigenvalue weighted by Crippen LogP contribution is 2.37. The van der Waals surface area contributed by atoms with Gasteiger partial charge in [0.15, 0.2) is 0 Å². The van der Waals surface area contributed by atoms with Crippen molar-refractivity contribution in [2.45, 2.75) is 6.54 Å². The Bertz CT molecular complexity index is 909. The van der Waals surface area contributed by atoms with Crippen LogP contribution in [0, 0.1) is 5.82 Å². The van der Waals surface area contributed by atoms with Gasteiger partial charge in [0.2, 0.25) is 0 Å². The van der Waals surface area contributed by atoms with Crippen LogP contribution >= 0.6 is 0 Å². The predicted molar refractivity (Wildman–Crippen MR) is 87.3 cm³/mol. The molecular weight excluding hydrogens is 307 g/mol. The van der Waals surface area contributed by atoms with Crippen molar-refractivity contribution in [1.29, 1.82) is 0 Å². The Morgan fingerprint density at radius 3 is 2.50 bits per heavy atom. The van der Waals surface area contributed by atoms with Gasteiger partial charge in [-0.1, -0.05) is 12.1 Å². The summed E-state index contributed by atoms with van der Waals surface area (Å²) in [6.45, 7) is 0.477. The summed E-state index contributed by atoms with van der Waals surface area (Å²) in [6, 6.07) is 13.3. The lowest BCUT2D eigenvalue weighted by Gasteiger charge is -2.13. The first kappa shape index (κ1) is 14.4. The van der Waals surface area contributed by atoms with Crippen LogP contribution in [0.2, 0.25) is 0 Å². The molecule has 0 spiro atoms. The monoisotopic (exact) mass is 320 g/mol. The molecule has 0 saturated carbocycles. The molecule has 118 valence electrons. The Morgan fingerprint density at radius 2 is 1.75 bits per heavy atom. The van der Waals surface area contributed by atoms with Gasteiger partial charge in [-0.05, 0) is 47.5 Å². The number of fused-ring (bicyclic) bond motifs is 1. The lowest BCUT2D eigenvalue weighted by atomic mass is 9.99. The van der Waals surface area contributed by atoms with Crippen LogP contribution in [-0.2, 0) is 6.54 Å². The normalized spacial score (nSPS) is 12.6. The second-order valence-corrected chi connectivity index (χ2v) is 5.48. The largest absolute Gasteiger partial charge is 0.457 e. The minimum atomic E-state index is -0.311. The zero-order valence-corrected chi connectivity index (χ0v) is 12.6. The van der Waals surface area contributed by atoms with Crippen LogP contribution in [0.4, 0.5) is 4.39 Å². The van der Waals surface area contributed by atoms with Crippen LogP contribution in [0.1, 0.15) is 15.9 Å². The molecule has 1 N–H and O–H groups in total. The molecular formula is C19H13FN2O2. The molecule has 1 amide bonds. The van der Waals surface area contributed by atoms with Crippen molar-refractivity contribution in [2.24, 2.45) is 0 Å². The van der Waals surface area contributed by atoms with E-state index in [1.807, 2.05) is 6.07 Å². The fourth-order valence-electron chi connectivity index (χ4n) is 2.72. The summed E-state index contributed by atoms with van der Waals surface area (Å²) in [5, 5.41) is 2.80. The molecule has 24 heavy (non-hydrogen) atoms. The highest BCUT2D eigenvalue weighted by atomic mass is 19.1. The van der Waals surface area contributed by atoms with Gasteiger partial charge in [0.05, 0.1) is 0 Å². The lowest BCUT2D eigenvalue weighted by molar-refractivity contribution is 0.0966. The van der Waals surface area contributed by atoms with E-state index in [1.165, 1.54) is 12.1 Å². The third-order valence-electron chi connectivity index (χ3n) is 3.92. The van der Waals surface area contributed by atoms with Crippen LogP contribution in [0.15, 0.2) is 60.9 Å². The topological polar surface area (TPSA) is 51.2 Å². The van der Waals surface area contributed by atoms with E-state index in [9.17, 15) is 9.18 Å². The van der Waals surface area contributed by atoms with Crippen LogP contribution in [-0.4, -0.2) is 10.9 Å². The predicted octanol–water partition coefficient (Wildman–Crippen LogP) is 3.92. The first-order valence-corrected chi connectivity index (χ1v) is 7.49. The number of hydrogen-bond donors (Lipinski definition) is 1. The van der Waals surface area contributed by atoms with Gasteiger partial charge in [0.1, 0.15) is 17.3 Å². The zero-order chi connectivity index (χ0) is 16.5. The average molecular weight is 320 g/mol. The molecule has 2 heterocycles. The number of carbonyl (C=O) groups is 1. The van der Waals surface area contributed by atoms with Crippen molar-refractivity contribution in [3.05, 3.63) is 77.9 Å². The Morgan fingerprint density at radius 1 is 1.00 bits per heavy atom. The van der Waals surface area contributed by atoms with E-state index in [0.717, 1.165) is 16.7 Å². The van der Waals surface area contributed by atoms with E-state index in [4.69, 9.17) is 4.74 Å². The smallest absolute Gasteiger partial charge is 0.251 e. The third-order valence-corrected chi connectivity index (χ3v) is 3.92. The number of rotatable bonds is 3. The first-order chi connectivity index (χ1) is 11.7. The molecule has 0 saturated heterocycles. The second kappa shape index (κ2) is 5.77. The average Bonchev–Trinajstić information content (AvgIpc) is 2.96. The SMILES string of the molecule is O=C1NCc2cc(Oc3ccncc3)c(-c3ccc(F)cc3)cc21. The number of aromatic nitrogens is 1. The minimum absolute atomic E-state index is 0.108. The standard InChI is InChI=1S/C19H13FN2O2/c20-14-3-1-12(2-4-14)16-10-17-13(11-22-19(17)23)9-18(16)24-15-5-7-21-8-6-15/h1-10H,11H2,(H,22,23).